The van der Waals surface area contributed by atoms with Crippen LogP contribution in [0.5, 0.6) is 0 Å². The quantitative estimate of drug-likeness (QED) is 0.0211. The van der Waals surface area contributed by atoms with E-state index in [1.165, 1.54) is 122 Å². The number of unbranched alkanes of at least 4 members (excludes halogenated alkanes) is 26. The number of nitrogens with zero attached hydrogens (tertiary/aromatic N) is 1. The minimum absolute atomic E-state index is 0.0263. The zero-order valence-electron chi connectivity index (χ0n) is 49.7. The van der Waals surface area contributed by atoms with E-state index in [1.54, 1.807) is 0 Å². The van der Waals surface area contributed by atoms with E-state index in [4.69, 9.17) is 18.5 Å². The third kappa shape index (κ3) is 60.2. The van der Waals surface area contributed by atoms with Gasteiger partial charge in [-0.2, -0.15) is 0 Å². The molecule has 1 N–H and O–H groups in total. The number of carbonyl (C=O) groups is 2. The number of rotatable bonds is 56. The maximum absolute atomic E-state index is 12.8. The number of carbonyl (C=O) groups excluding carboxylic acids is 2. The molecular weight excluding hydrogens is 966 g/mol. The summed E-state index contributed by atoms with van der Waals surface area (Å²) in [6, 6.07) is 0. The first-order valence-corrected chi connectivity index (χ1v) is 32.5. The zero-order valence-corrected chi connectivity index (χ0v) is 50.6. The molecule has 0 aromatic heterocycles. The van der Waals surface area contributed by atoms with Crippen LogP contribution in [0.4, 0.5) is 0 Å². The molecule has 76 heavy (non-hydrogen) atoms. The third-order valence-corrected chi connectivity index (χ3v) is 14.1. The van der Waals surface area contributed by atoms with Gasteiger partial charge in [0.25, 0.3) is 0 Å². The van der Waals surface area contributed by atoms with Crippen molar-refractivity contribution < 1.29 is 42.1 Å². The van der Waals surface area contributed by atoms with E-state index in [0.29, 0.717) is 17.4 Å². The lowest BCUT2D eigenvalue weighted by Crippen LogP contribution is -2.37. The first-order chi connectivity index (χ1) is 37.0. The number of quaternary nitrogens is 1. The van der Waals surface area contributed by atoms with Crippen LogP contribution in [0, 0.1) is 0 Å². The average Bonchev–Trinajstić information content (AvgIpc) is 3.38. The van der Waals surface area contributed by atoms with Crippen molar-refractivity contribution in [3.63, 3.8) is 0 Å². The summed E-state index contributed by atoms with van der Waals surface area (Å²) in [5, 5.41) is 0. The van der Waals surface area contributed by atoms with Gasteiger partial charge in [-0.05, 0) is 89.9 Å². The van der Waals surface area contributed by atoms with Crippen LogP contribution in [0.1, 0.15) is 258 Å². The first-order valence-electron chi connectivity index (χ1n) is 31.0. The van der Waals surface area contributed by atoms with E-state index in [-0.39, 0.29) is 32.0 Å². The number of hydrogen-bond donors (Lipinski definition) is 1. The standard InChI is InChI=1S/C66H116NO8P/c1-6-8-10-12-14-16-18-20-22-24-26-27-28-29-30-31-32-33-34-35-36-37-38-39-41-43-45-47-49-51-53-55-57-59-66(69)75-64(63-74-76(70,71)73-61-60-67(3,4)5)62-72-65(68)58-56-54-52-50-48-46-44-42-40-25-23-21-19-17-15-13-11-9-7-2/h8-11,14-17,20-23,26-27,40,42,64H,6-7,12-13,18-19,24-25,28-39,41,43-63H2,1-5H3/p+1/b10-8-,11-9-,16-14-,17-15-,22-20-,23-21-,27-26-,42-40-. The van der Waals surface area contributed by atoms with Gasteiger partial charge >= 0.3 is 19.8 Å². The van der Waals surface area contributed by atoms with Crippen molar-refractivity contribution >= 4 is 19.8 Å². The molecule has 0 amide bonds. The summed E-state index contributed by atoms with van der Waals surface area (Å²) in [5.74, 6) is -0.810. The first kappa shape index (κ1) is 72.9. The summed E-state index contributed by atoms with van der Waals surface area (Å²) < 4.78 is 34.6. The van der Waals surface area contributed by atoms with Gasteiger partial charge < -0.3 is 18.9 Å². The van der Waals surface area contributed by atoms with Crippen LogP contribution in [0.2, 0.25) is 0 Å². The monoisotopic (exact) mass is 1080 g/mol. The number of phosphoric acid groups is 1. The highest BCUT2D eigenvalue weighted by Crippen LogP contribution is 2.43. The molecular formula is C66H117NO8P+. The zero-order chi connectivity index (χ0) is 55.6. The highest BCUT2D eigenvalue weighted by Gasteiger charge is 2.27. The van der Waals surface area contributed by atoms with Gasteiger partial charge in [-0.1, -0.05) is 252 Å². The summed E-state index contributed by atoms with van der Waals surface area (Å²) in [4.78, 5) is 35.7. The van der Waals surface area contributed by atoms with Crippen molar-refractivity contribution in [2.75, 3.05) is 47.5 Å². The Balaban J connectivity index is 4.07. The molecule has 0 saturated heterocycles. The van der Waals surface area contributed by atoms with Crippen molar-refractivity contribution in [2.45, 2.75) is 264 Å². The van der Waals surface area contributed by atoms with Crippen molar-refractivity contribution in [3.8, 4) is 0 Å². The highest BCUT2D eigenvalue weighted by atomic mass is 31.2. The molecule has 0 aliphatic carbocycles. The van der Waals surface area contributed by atoms with Gasteiger partial charge in [0.15, 0.2) is 6.10 Å². The van der Waals surface area contributed by atoms with Crippen LogP contribution >= 0.6 is 7.82 Å². The second-order valence-corrected chi connectivity index (χ2v) is 23.1. The topological polar surface area (TPSA) is 108 Å². The molecule has 0 aliphatic heterocycles. The van der Waals surface area contributed by atoms with Crippen LogP contribution in [-0.2, 0) is 32.7 Å². The van der Waals surface area contributed by atoms with Gasteiger partial charge in [0.05, 0.1) is 27.7 Å². The number of phosphoric ester groups is 1. The fourth-order valence-corrected chi connectivity index (χ4v) is 9.15. The molecule has 0 heterocycles. The molecule has 0 rings (SSSR count). The molecule has 2 unspecified atom stereocenters. The summed E-state index contributed by atoms with van der Waals surface area (Å²) in [5.41, 5.74) is 0. The van der Waals surface area contributed by atoms with Crippen LogP contribution in [0.15, 0.2) is 97.2 Å². The third-order valence-electron chi connectivity index (χ3n) is 13.1. The predicted molar refractivity (Wildman–Crippen MR) is 325 cm³/mol. The SMILES string of the molecule is CC/C=C\C/C=C\C/C=C\C/C=C\CCCCCCCCCCCCCCCCCCCCCCC(=O)OC(COC(=O)CCCCCCCC/C=C\C/C=C\C/C=C\C/C=C\CC)COP(=O)(O)OCC[N+](C)(C)C. The molecule has 438 valence electrons. The minimum Gasteiger partial charge on any atom is -0.462 e. The number of allylic oxidation sites excluding steroid dienone is 16. The van der Waals surface area contributed by atoms with Crippen LogP contribution in [0.3, 0.4) is 0 Å². The molecule has 10 heteroatoms. The summed E-state index contributed by atoms with van der Waals surface area (Å²) in [6.45, 7) is 4.21. The van der Waals surface area contributed by atoms with Crippen LogP contribution in [0.25, 0.3) is 0 Å². The lowest BCUT2D eigenvalue weighted by Gasteiger charge is -2.24. The predicted octanol–water partition coefficient (Wildman–Crippen LogP) is 19.6. The van der Waals surface area contributed by atoms with Crippen molar-refractivity contribution in [3.05, 3.63) is 97.2 Å². The highest BCUT2D eigenvalue weighted by molar-refractivity contribution is 7.47. The summed E-state index contributed by atoms with van der Waals surface area (Å²) >= 11 is 0. The van der Waals surface area contributed by atoms with Crippen molar-refractivity contribution in [2.24, 2.45) is 0 Å². The smallest absolute Gasteiger partial charge is 0.462 e. The number of likely N-dealkylation sites (N-methyl/N-ethyl adjacent to an activating group) is 1. The second-order valence-electron chi connectivity index (χ2n) is 21.7. The Kier molecular flexibility index (Phi) is 54.4. The van der Waals surface area contributed by atoms with E-state index < -0.39 is 26.5 Å². The second kappa shape index (κ2) is 56.6. The Morgan fingerprint density at radius 1 is 0.408 bits per heavy atom. The van der Waals surface area contributed by atoms with E-state index in [9.17, 15) is 19.0 Å². The maximum atomic E-state index is 12.8. The van der Waals surface area contributed by atoms with E-state index >= 15 is 0 Å². The average molecular weight is 1080 g/mol. The molecule has 9 nitrogen and oxygen atoms in total. The molecule has 0 bridgehead atoms. The fourth-order valence-electron chi connectivity index (χ4n) is 8.41. The Labute approximate surface area is 468 Å². The molecule has 0 aromatic carbocycles. The largest absolute Gasteiger partial charge is 0.472 e. The lowest BCUT2D eigenvalue weighted by atomic mass is 10.0. The molecule has 0 fully saturated rings. The number of esters is 2. The van der Waals surface area contributed by atoms with Crippen LogP contribution < -0.4 is 0 Å². The van der Waals surface area contributed by atoms with Gasteiger partial charge in [0.1, 0.15) is 19.8 Å². The molecule has 0 saturated carbocycles. The molecule has 0 spiro atoms. The van der Waals surface area contributed by atoms with Crippen LogP contribution in [-0.4, -0.2) is 74.9 Å². The Morgan fingerprint density at radius 2 is 0.711 bits per heavy atom. The van der Waals surface area contributed by atoms with Gasteiger partial charge in [0.2, 0.25) is 0 Å². The van der Waals surface area contributed by atoms with Gasteiger partial charge in [-0.3, -0.25) is 18.6 Å². The van der Waals surface area contributed by atoms with Gasteiger partial charge in [0, 0.05) is 12.8 Å². The van der Waals surface area contributed by atoms with E-state index in [2.05, 4.69) is 111 Å². The summed E-state index contributed by atoms with van der Waals surface area (Å²) in [7, 11) is 1.47. The normalized spacial score (nSPS) is 13.9. The minimum atomic E-state index is -4.39. The Hall–Kier alpha value is -3.07. The maximum Gasteiger partial charge on any atom is 0.472 e. The van der Waals surface area contributed by atoms with Crippen molar-refractivity contribution in [1.82, 2.24) is 0 Å². The summed E-state index contributed by atoms with van der Waals surface area (Å²) in [6.07, 6.45) is 77.8. The van der Waals surface area contributed by atoms with Gasteiger partial charge in [-0.25, -0.2) is 4.57 Å². The molecule has 0 radical (unpaired) electrons. The fraction of sp³-hybridized carbons (Fsp3) is 0.727. The lowest BCUT2D eigenvalue weighted by molar-refractivity contribution is -0.870. The van der Waals surface area contributed by atoms with Gasteiger partial charge in [-0.15, -0.1) is 0 Å². The van der Waals surface area contributed by atoms with Crippen molar-refractivity contribution in [1.29, 1.82) is 0 Å². The Morgan fingerprint density at radius 3 is 1.05 bits per heavy atom. The number of ether oxygens (including phenoxy) is 2. The number of hydrogen-bond acceptors (Lipinski definition) is 7. The Bertz CT molecular complexity index is 1600. The molecule has 2 atom stereocenters. The van der Waals surface area contributed by atoms with E-state index in [0.717, 1.165) is 103 Å². The van der Waals surface area contributed by atoms with E-state index in [1.807, 2.05) is 21.1 Å². The molecule has 0 aliphatic rings. The molecule has 0 aromatic rings.